The van der Waals surface area contributed by atoms with E-state index in [-0.39, 0.29) is 5.41 Å². The normalized spacial score (nSPS) is 23.5. The van der Waals surface area contributed by atoms with Crippen LogP contribution in [0.5, 0.6) is 11.5 Å². The molecule has 0 aromatic heterocycles. The number of nitrogens with one attached hydrogen (secondary N) is 1. The maximum atomic E-state index is 5.67. The maximum absolute atomic E-state index is 5.67. The fraction of sp³-hybridized carbons (Fsp3) is 0.667. The molecule has 2 saturated heterocycles. The first kappa shape index (κ1) is 18.4. The molecule has 0 atom stereocenters. The molecule has 3 heterocycles. The Labute approximate surface area is 161 Å². The predicted molar refractivity (Wildman–Crippen MR) is 106 cm³/mol. The van der Waals surface area contributed by atoms with Crippen LogP contribution in [0.4, 0.5) is 0 Å². The molecule has 6 nitrogen and oxygen atoms in total. The molecule has 0 saturated carbocycles. The van der Waals surface area contributed by atoms with Gasteiger partial charge in [0.05, 0.1) is 0 Å². The number of ether oxygens (including phenoxy) is 3. The summed E-state index contributed by atoms with van der Waals surface area (Å²) in [5, 5.41) is 3.67. The number of nitrogens with zero attached hydrogens (tertiary/aromatic N) is 2. The van der Waals surface area contributed by atoms with E-state index in [1.807, 2.05) is 13.1 Å². The van der Waals surface area contributed by atoms with Gasteiger partial charge in [-0.3, -0.25) is 4.99 Å². The Kier molecular flexibility index (Phi) is 4.93. The van der Waals surface area contributed by atoms with Gasteiger partial charge in [0.2, 0.25) is 6.79 Å². The molecule has 1 N–H and O–H groups in total. The number of likely N-dealkylation sites (tertiary alicyclic amines) is 1. The van der Waals surface area contributed by atoms with Gasteiger partial charge in [0.25, 0.3) is 0 Å². The first-order valence-electron chi connectivity index (χ1n) is 9.95. The van der Waals surface area contributed by atoms with Gasteiger partial charge in [-0.05, 0) is 42.4 Å². The molecule has 2 fully saturated rings. The van der Waals surface area contributed by atoms with Crippen LogP contribution in [-0.4, -0.2) is 57.5 Å². The Bertz CT molecular complexity index is 711. The van der Waals surface area contributed by atoms with Crippen LogP contribution in [0.3, 0.4) is 0 Å². The van der Waals surface area contributed by atoms with Crippen molar-refractivity contribution in [3.8, 4) is 11.5 Å². The average molecular weight is 373 g/mol. The Morgan fingerprint density at radius 3 is 2.63 bits per heavy atom. The number of fused-ring (bicyclic) bond motifs is 1. The van der Waals surface area contributed by atoms with Crippen LogP contribution >= 0.6 is 0 Å². The predicted octanol–water partition coefficient (Wildman–Crippen LogP) is 2.77. The third kappa shape index (κ3) is 3.72. The quantitative estimate of drug-likeness (QED) is 0.652. The van der Waals surface area contributed by atoms with Gasteiger partial charge in [-0.1, -0.05) is 19.9 Å². The van der Waals surface area contributed by atoms with Crippen molar-refractivity contribution in [3.63, 3.8) is 0 Å². The number of rotatable bonds is 3. The molecule has 148 valence electrons. The third-order valence-electron chi connectivity index (χ3n) is 6.21. The van der Waals surface area contributed by atoms with Gasteiger partial charge in [0.1, 0.15) is 0 Å². The zero-order valence-corrected chi connectivity index (χ0v) is 16.7. The smallest absolute Gasteiger partial charge is 0.231 e. The molecule has 3 aliphatic rings. The highest BCUT2D eigenvalue weighted by Crippen LogP contribution is 2.40. The third-order valence-corrected chi connectivity index (χ3v) is 6.21. The van der Waals surface area contributed by atoms with Crippen LogP contribution < -0.4 is 14.8 Å². The van der Waals surface area contributed by atoms with E-state index in [9.17, 15) is 0 Å². The highest BCUT2D eigenvalue weighted by atomic mass is 16.7. The van der Waals surface area contributed by atoms with Crippen molar-refractivity contribution in [3.05, 3.63) is 23.8 Å². The molecule has 1 aromatic rings. The first-order chi connectivity index (χ1) is 13.0. The molecule has 27 heavy (non-hydrogen) atoms. The molecule has 0 amide bonds. The van der Waals surface area contributed by atoms with E-state index in [4.69, 9.17) is 14.2 Å². The van der Waals surface area contributed by atoms with Gasteiger partial charge in [-0.15, -0.1) is 0 Å². The Morgan fingerprint density at radius 2 is 1.93 bits per heavy atom. The second-order valence-electron chi connectivity index (χ2n) is 8.70. The first-order valence-corrected chi connectivity index (χ1v) is 9.95. The van der Waals surface area contributed by atoms with Crippen LogP contribution in [0.15, 0.2) is 23.2 Å². The van der Waals surface area contributed by atoms with Gasteiger partial charge in [-0.2, -0.15) is 0 Å². The molecule has 0 aliphatic carbocycles. The topological polar surface area (TPSA) is 55.3 Å². The summed E-state index contributed by atoms with van der Waals surface area (Å²) in [5.41, 5.74) is 1.66. The zero-order valence-electron chi connectivity index (χ0n) is 16.7. The van der Waals surface area contributed by atoms with Gasteiger partial charge >= 0.3 is 0 Å². The molecule has 0 bridgehead atoms. The Balaban J connectivity index is 1.52. The Hall–Kier alpha value is -1.95. The summed E-state index contributed by atoms with van der Waals surface area (Å²) < 4.78 is 16.8. The van der Waals surface area contributed by atoms with E-state index >= 15 is 0 Å². The van der Waals surface area contributed by atoms with Crippen molar-refractivity contribution in [2.45, 2.75) is 38.5 Å². The molecule has 6 heteroatoms. The summed E-state index contributed by atoms with van der Waals surface area (Å²) in [7, 11) is 1.88. The summed E-state index contributed by atoms with van der Waals surface area (Å²) in [6, 6.07) is 6.37. The minimum Gasteiger partial charge on any atom is -0.454 e. The van der Waals surface area contributed by atoms with Crippen LogP contribution in [0.1, 0.15) is 38.7 Å². The lowest BCUT2D eigenvalue weighted by molar-refractivity contribution is 0.0511. The lowest BCUT2D eigenvalue weighted by Crippen LogP contribution is -2.49. The molecule has 0 radical (unpaired) electrons. The summed E-state index contributed by atoms with van der Waals surface area (Å²) in [5.74, 6) is 2.69. The molecule has 4 rings (SSSR count). The van der Waals surface area contributed by atoms with Gasteiger partial charge in [-0.25, -0.2) is 0 Å². The lowest BCUT2D eigenvalue weighted by Gasteiger charge is -2.39. The monoisotopic (exact) mass is 373 g/mol. The zero-order chi connectivity index (χ0) is 18.9. The van der Waals surface area contributed by atoms with Crippen molar-refractivity contribution < 1.29 is 14.2 Å². The highest BCUT2D eigenvalue weighted by Gasteiger charge is 2.37. The number of aliphatic imine (C=N–C) groups is 1. The van der Waals surface area contributed by atoms with E-state index in [2.05, 4.69) is 41.2 Å². The summed E-state index contributed by atoms with van der Waals surface area (Å²) >= 11 is 0. The molecule has 3 aliphatic heterocycles. The SMILES string of the molecule is CN=C(NCC1(c2ccc3c(c2)OCO3)CCOCC1)N1CCC(C)(C)C1. The average Bonchev–Trinajstić information content (AvgIpc) is 3.28. The number of benzene rings is 1. The minimum atomic E-state index is 0.0183. The fourth-order valence-electron chi connectivity index (χ4n) is 4.43. The van der Waals surface area contributed by atoms with Crippen molar-refractivity contribution in [2.75, 3.05) is 46.7 Å². The van der Waals surface area contributed by atoms with Crippen molar-refractivity contribution in [1.29, 1.82) is 0 Å². The largest absolute Gasteiger partial charge is 0.454 e. The van der Waals surface area contributed by atoms with E-state index in [1.54, 1.807) is 0 Å². The molecule has 1 aromatic carbocycles. The van der Waals surface area contributed by atoms with Crippen molar-refractivity contribution in [2.24, 2.45) is 10.4 Å². The molecular weight excluding hydrogens is 342 g/mol. The minimum absolute atomic E-state index is 0.0183. The number of hydrogen-bond donors (Lipinski definition) is 1. The van der Waals surface area contributed by atoms with Crippen LogP contribution in [-0.2, 0) is 10.2 Å². The Morgan fingerprint density at radius 1 is 1.15 bits per heavy atom. The molecular formula is C21H31N3O3. The van der Waals surface area contributed by atoms with Crippen molar-refractivity contribution in [1.82, 2.24) is 10.2 Å². The molecule has 0 unspecified atom stereocenters. The van der Waals surface area contributed by atoms with Crippen LogP contribution in [0.25, 0.3) is 0 Å². The summed E-state index contributed by atoms with van der Waals surface area (Å²) in [6.45, 7) is 9.49. The summed E-state index contributed by atoms with van der Waals surface area (Å²) in [4.78, 5) is 6.94. The fourth-order valence-corrected chi connectivity index (χ4v) is 4.43. The second kappa shape index (κ2) is 7.23. The lowest BCUT2D eigenvalue weighted by atomic mass is 9.74. The van der Waals surface area contributed by atoms with Crippen LogP contribution in [0, 0.1) is 5.41 Å². The highest BCUT2D eigenvalue weighted by molar-refractivity contribution is 5.80. The number of guanidine groups is 1. The summed E-state index contributed by atoms with van der Waals surface area (Å²) in [6.07, 6.45) is 3.18. The van der Waals surface area contributed by atoms with E-state index in [0.717, 1.165) is 63.1 Å². The van der Waals surface area contributed by atoms with Gasteiger partial charge in [0, 0.05) is 45.3 Å². The standard InChI is InChI=1S/C21H31N3O3/c1-20(2)6-9-24(14-20)19(22-3)23-13-21(7-10-25-11-8-21)16-4-5-17-18(12-16)27-15-26-17/h4-5,12H,6-11,13-15H2,1-3H3,(H,22,23). The van der Waals surface area contributed by atoms with Gasteiger partial charge < -0.3 is 24.4 Å². The number of hydrogen-bond acceptors (Lipinski definition) is 4. The van der Waals surface area contributed by atoms with Crippen molar-refractivity contribution >= 4 is 5.96 Å². The van der Waals surface area contributed by atoms with E-state index in [0.29, 0.717) is 12.2 Å². The molecule has 0 spiro atoms. The second-order valence-corrected chi connectivity index (χ2v) is 8.70. The van der Waals surface area contributed by atoms with Gasteiger partial charge in [0.15, 0.2) is 17.5 Å². The van der Waals surface area contributed by atoms with E-state index < -0.39 is 0 Å². The maximum Gasteiger partial charge on any atom is 0.231 e. The van der Waals surface area contributed by atoms with Crippen LogP contribution in [0.2, 0.25) is 0 Å². The van der Waals surface area contributed by atoms with E-state index in [1.165, 1.54) is 12.0 Å².